The summed E-state index contributed by atoms with van der Waals surface area (Å²) in [6.07, 6.45) is 9.97. The Morgan fingerprint density at radius 2 is 1.87 bits per heavy atom. The Bertz CT molecular complexity index is 1320. The van der Waals surface area contributed by atoms with Crippen molar-refractivity contribution in [3.8, 4) is 11.4 Å². The molecule has 1 amide bonds. The Balaban J connectivity index is 1.23. The maximum atomic E-state index is 13.8. The van der Waals surface area contributed by atoms with Crippen molar-refractivity contribution in [2.45, 2.75) is 38.6 Å². The third kappa shape index (κ3) is 5.07. The zero-order valence-corrected chi connectivity index (χ0v) is 22.3. The van der Waals surface area contributed by atoms with Gasteiger partial charge in [-0.15, -0.1) is 0 Å². The SMILES string of the molecule is COc1cc(/C=C2\CCCN([C@H](c3ccc(N4CCOCC4)cc3)C3CC3)C2=O)ccc1-n1cnc(C)c1. The number of anilines is 1. The molecule has 1 atom stereocenters. The van der Waals surface area contributed by atoms with Crippen LogP contribution in [0.4, 0.5) is 5.69 Å². The molecule has 2 saturated heterocycles. The maximum absolute atomic E-state index is 13.8. The number of hydrogen-bond donors (Lipinski definition) is 0. The first-order valence-electron chi connectivity index (χ1n) is 13.7. The fraction of sp³-hybridized carbons (Fsp3) is 0.419. The summed E-state index contributed by atoms with van der Waals surface area (Å²) in [4.78, 5) is 22.7. The van der Waals surface area contributed by atoms with Gasteiger partial charge in [0.05, 0.1) is 44.1 Å². The van der Waals surface area contributed by atoms with Crippen LogP contribution in [0.2, 0.25) is 0 Å². The number of aryl methyl sites for hydroxylation is 1. The van der Waals surface area contributed by atoms with E-state index >= 15 is 0 Å². The number of imidazole rings is 1. The van der Waals surface area contributed by atoms with Gasteiger partial charge in [0.2, 0.25) is 5.91 Å². The van der Waals surface area contributed by atoms with Crippen LogP contribution in [0.25, 0.3) is 11.8 Å². The molecule has 0 spiro atoms. The van der Waals surface area contributed by atoms with E-state index in [0.717, 1.165) is 74.0 Å². The van der Waals surface area contributed by atoms with Gasteiger partial charge in [-0.25, -0.2) is 4.98 Å². The molecule has 3 heterocycles. The van der Waals surface area contributed by atoms with Crippen LogP contribution in [0.1, 0.15) is 48.5 Å². The monoisotopic (exact) mass is 512 g/mol. The van der Waals surface area contributed by atoms with Crippen molar-refractivity contribution in [1.82, 2.24) is 14.5 Å². The highest BCUT2D eigenvalue weighted by molar-refractivity contribution is 5.99. The van der Waals surface area contributed by atoms with E-state index in [9.17, 15) is 4.79 Å². The summed E-state index contributed by atoms with van der Waals surface area (Å²) < 4.78 is 13.2. The molecule has 38 heavy (non-hydrogen) atoms. The third-order valence-electron chi connectivity index (χ3n) is 7.93. The first-order valence-corrected chi connectivity index (χ1v) is 13.7. The van der Waals surface area contributed by atoms with Crippen LogP contribution in [0.5, 0.6) is 5.75 Å². The summed E-state index contributed by atoms with van der Waals surface area (Å²) in [5.41, 5.74) is 6.22. The molecule has 198 valence electrons. The van der Waals surface area contributed by atoms with Gasteiger partial charge in [-0.3, -0.25) is 4.79 Å². The molecule has 7 heteroatoms. The number of hydrogen-bond acceptors (Lipinski definition) is 5. The first kappa shape index (κ1) is 24.7. The fourth-order valence-corrected chi connectivity index (χ4v) is 5.81. The molecule has 1 aromatic heterocycles. The van der Waals surface area contributed by atoms with Crippen molar-refractivity contribution in [2.24, 2.45) is 5.92 Å². The highest BCUT2D eigenvalue weighted by Crippen LogP contribution is 2.46. The number of ether oxygens (including phenoxy) is 2. The minimum atomic E-state index is 0.145. The lowest BCUT2D eigenvalue weighted by atomic mass is 9.94. The average molecular weight is 513 g/mol. The van der Waals surface area contributed by atoms with Crippen molar-refractivity contribution in [2.75, 3.05) is 44.9 Å². The number of methoxy groups -OCH3 is 1. The average Bonchev–Trinajstić information content (AvgIpc) is 3.70. The number of piperidine rings is 1. The van der Waals surface area contributed by atoms with E-state index in [4.69, 9.17) is 9.47 Å². The zero-order valence-electron chi connectivity index (χ0n) is 22.3. The number of morpholine rings is 1. The molecule has 3 fully saturated rings. The Morgan fingerprint density at radius 1 is 1.08 bits per heavy atom. The molecule has 6 rings (SSSR count). The van der Waals surface area contributed by atoms with Crippen LogP contribution in [0.3, 0.4) is 0 Å². The van der Waals surface area contributed by atoms with E-state index in [0.29, 0.717) is 5.92 Å². The number of carbonyl (C=O) groups is 1. The summed E-state index contributed by atoms with van der Waals surface area (Å²) in [6, 6.07) is 15.1. The van der Waals surface area contributed by atoms with Gasteiger partial charge in [0, 0.05) is 37.1 Å². The van der Waals surface area contributed by atoms with E-state index in [1.54, 1.807) is 13.4 Å². The lowest BCUT2D eigenvalue weighted by Crippen LogP contribution is -2.40. The number of benzene rings is 2. The number of rotatable bonds is 7. The van der Waals surface area contributed by atoms with Crippen molar-refractivity contribution >= 4 is 17.7 Å². The molecule has 0 unspecified atom stereocenters. The van der Waals surface area contributed by atoms with Crippen LogP contribution < -0.4 is 9.64 Å². The summed E-state index contributed by atoms with van der Waals surface area (Å²) >= 11 is 0. The molecular weight excluding hydrogens is 476 g/mol. The van der Waals surface area contributed by atoms with Gasteiger partial charge in [0.1, 0.15) is 5.75 Å². The number of carbonyl (C=O) groups excluding carboxylic acids is 1. The van der Waals surface area contributed by atoms with Gasteiger partial charge < -0.3 is 23.8 Å². The minimum absolute atomic E-state index is 0.145. The summed E-state index contributed by atoms with van der Waals surface area (Å²) in [6.45, 7) is 6.19. The van der Waals surface area contributed by atoms with Crippen LogP contribution in [-0.4, -0.2) is 60.3 Å². The molecule has 0 radical (unpaired) electrons. The topological polar surface area (TPSA) is 59.8 Å². The summed E-state index contributed by atoms with van der Waals surface area (Å²) in [5.74, 6) is 1.47. The molecule has 1 saturated carbocycles. The molecular formula is C31H36N4O3. The number of likely N-dealkylation sites (tertiary alicyclic amines) is 1. The van der Waals surface area contributed by atoms with Gasteiger partial charge in [0.15, 0.2) is 0 Å². The quantitative estimate of drug-likeness (QED) is 0.408. The Kier molecular flexibility index (Phi) is 6.94. The molecule has 7 nitrogen and oxygen atoms in total. The minimum Gasteiger partial charge on any atom is -0.495 e. The van der Waals surface area contributed by atoms with Crippen LogP contribution in [0, 0.1) is 12.8 Å². The van der Waals surface area contributed by atoms with Crippen molar-refractivity contribution < 1.29 is 14.3 Å². The lowest BCUT2D eigenvalue weighted by Gasteiger charge is -2.37. The Morgan fingerprint density at radius 3 is 2.55 bits per heavy atom. The Labute approximate surface area is 224 Å². The van der Waals surface area contributed by atoms with Crippen LogP contribution >= 0.6 is 0 Å². The lowest BCUT2D eigenvalue weighted by molar-refractivity contribution is -0.131. The van der Waals surface area contributed by atoms with Crippen LogP contribution in [-0.2, 0) is 9.53 Å². The molecule has 3 aliphatic rings. The van der Waals surface area contributed by atoms with E-state index < -0.39 is 0 Å². The normalized spacial score (nSPS) is 20.2. The Hall–Kier alpha value is -3.58. The summed E-state index contributed by atoms with van der Waals surface area (Å²) in [7, 11) is 1.68. The highest BCUT2D eigenvalue weighted by Gasteiger charge is 2.40. The molecule has 2 aliphatic heterocycles. The van der Waals surface area contributed by atoms with Gasteiger partial charge in [-0.05, 0) is 80.0 Å². The second-order valence-corrected chi connectivity index (χ2v) is 10.6. The van der Waals surface area contributed by atoms with Gasteiger partial charge in [0.25, 0.3) is 0 Å². The summed E-state index contributed by atoms with van der Waals surface area (Å²) in [5, 5.41) is 0. The molecule has 3 aromatic rings. The van der Waals surface area contributed by atoms with Crippen molar-refractivity contribution in [3.63, 3.8) is 0 Å². The third-order valence-corrected chi connectivity index (χ3v) is 7.93. The largest absolute Gasteiger partial charge is 0.495 e. The van der Waals surface area contributed by atoms with E-state index in [-0.39, 0.29) is 11.9 Å². The first-order chi connectivity index (χ1) is 18.6. The van der Waals surface area contributed by atoms with Crippen molar-refractivity contribution in [3.05, 3.63) is 77.4 Å². The molecule has 1 aliphatic carbocycles. The molecule has 2 aromatic carbocycles. The smallest absolute Gasteiger partial charge is 0.250 e. The molecule has 0 bridgehead atoms. The zero-order chi connectivity index (χ0) is 26.1. The number of aromatic nitrogens is 2. The number of amides is 1. The predicted octanol–water partition coefficient (Wildman–Crippen LogP) is 5.18. The van der Waals surface area contributed by atoms with E-state index in [1.807, 2.05) is 35.9 Å². The molecule has 0 N–H and O–H groups in total. The van der Waals surface area contributed by atoms with Gasteiger partial charge >= 0.3 is 0 Å². The highest BCUT2D eigenvalue weighted by atomic mass is 16.5. The second-order valence-electron chi connectivity index (χ2n) is 10.6. The predicted molar refractivity (Wildman–Crippen MR) is 149 cm³/mol. The van der Waals surface area contributed by atoms with Gasteiger partial charge in [-0.2, -0.15) is 0 Å². The van der Waals surface area contributed by atoms with Crippen molar-refractivity contribution in [1.29, 1.82) is 0 Å². The number of nitrogens with zero attached hydrogens (tertiary/aromatic N) is 4. The maximum Gasteiger partial charge on any atom is 0.250 e. The van der Waals surface area contributed by atoms with Crippen LogP contribution in [0.15, 0.2) is 60.6 Å². The van der Waals surface area contributed by atoms with E-state index in [1.165, 1.54) is 24.1 Å². The fourth-order valence-electron chi connectivity index (χ4n) is 5.81. The van der Waals surface area contributed by atoms with Gasteiger partial charge in [-0.1, -0.05) is 18.2 Å². The van der Waals surface area contributed by atoms with E-state index in [2.05, 4.69) is 45.1 Å². The standard InChI is InChI=1S/C31H36N4O3/c1-22-20-34(21-32-22)28-12-5-23(19-29(28)37-2)18-26-4-3-13-35(31(26)36)30(24-6-7-24)25-8-10-27(11-9-25)33-14-16-38-17-15-33/h5,8-12,18-21,24,30H,3-4,6-7,13-17H2,1-2H3/b26-18+/t30-/m0/s1. The second kappa shape index (κ2) is 10.7.